The minimum Gasteiger partial charge on any atom is -0.326 e. The first-order valence-corrected chi connectivity index (χ1v) is 11.7. The molecule has 0 radical (unpaired) electrons. The van der Waals surface area contributed by atoms with Gasteiger partial charge in [-0.25, -0.2) is 12.8 Å². The maximum atomic E-state index is 13.5. The van der Waals surface area contributed by atoms with Crippen molar-refractivity contribution in [3.8, 4) is 0 Å². The predicted molar refractivity (Wildman–Crippen MR) is 120 cm³/mol. The summed E-state index contributed by atoms with van der Waals surface area (Å²) in [6, 6.07) is 18.6. The van der Waals surface area contributed by atoms with Gasteiger partial charge in [0.25, 0.3) is 0 Å². The molecule has 0 saturated heterocycles. The third-order valence-electron chi connectivity index (χ3n) is 5.33. The van der Waals surface area contributed by atoms with Crippen LogP contribution in [0.5, 0.6) is 0 Å². The number of nitrogens with one attached hydrogen (secondary N) is 2. The molecule has 0 aliphatic carbocycles. The summed E-state index contributed by atoms with van der Waals surface area (Å²) in [5.41, 5.74) is 2.13. The molecule has 0 spiro atoms. The molecule has 1 unspecified atom stereocenters. The number of sulfone groups is 1. The molecule has 1 heterocycles. The number of anilines is 2. The van der Waals surface area contributed by atoms with Crippen LogP contribution >= 0.6 is 0 Å². The number of hydrogen-bond acceptors (Lipinski definition) is 4. The number of halogens is 1. The lowest BCUT2D eigenvalue weighted by Gasteiger charge is -2.20. The zero-order chi connectivity index (χ0) is 22.7. The number of hydrogen-bond donors (Lipinski definition) is 2. The maximum absolute atomic E-state index is 13.5. The molecule has 3 aromatic rings. The zero-order valence-electron chi connectivity index (χ0n) is 17.0. The summed E-state index contributed by atoms with van der Waals surface area (Å²) in [5.74, 6) is -2.61. The Labute approximate surface area is 185 Å². The number of amides is 2. The Bertz CT molecular complexity index is 1280. The van der Waals surface area contributed by atoms with E-state index in [1.165, 1.54) is 30.3 Å². The molecule has 0 fully saturated rings. The monoisotopic (exact) mass is 452 g/mol. The summed E-state index contributed by atoms with van der Waals surface area (Å²) in [7, 11) is -3.85. The van der Waals surface area contributed by atoms with Gasteiger partial charge in [-0.3, -0.25) is 9.59 Å². The number of benzene rings is 3. The first kappa shape index (κ1) is 21.7. The van der Waals surface area contributed by atoms with Gasteiger partial charge < -0.3 is 10.6 Å². The van der Waals surface area contributed by atoms with Crippen molar-refractivity contribution in [2.24, 2.45) is 0 Å². The second-order valence-electron chi connectivity index (χ2n) is 7.61. The van der Waals surface area contributed by atoms with E-state index in [4.69, 9.17) is 0 Å². The van der Waals surface area contributed by atoms with Gasteiger partial charge in [-0.2, -0.15) is 0 Å². The van der Waals surface area contributed by atoms with Crippen LogP contribution in [0.4, 0.5) is 15.8 Å². The molecule has 0 bridgehead atoms. The number of rotatable bonds is 6. The topological polar surface area (TPSA) is 92.3 Å². The molecule has 1 aliphatic heterocycles. The molecule has 0 saturated carbocycles. The van der Waals surface area contributed by atoms with Crippen molar-refractivity contribution >= 4 is 33.0 Å². The van der Waals surface area contributed by atoms with E-state index < -0.39 is 33.2 Å². The van der Waals surface area contributed by atoms with E-state index in [2.05, 4.69) is 10.6 Å². The highest BCUT2D eigenvalue weighted by atomic mass is 32.2. The number of carbonyl (C=O) groups excluding carboxylic acids is 2. The van der Waals surface area contributed by atoms with Crippen LogP contribution in [-0.4, -0.2) is 26.0 Å². The minimum atomic E-state index is -3.85. The molecule has 2 N–H and O–H groups in total. The number of fused-ring (bicyclic) bond motifs is 1. The van der Waals surface area contributed by atoms with Crippen molar-refractivity contribution in [3.05, 3.63) is 89.7 Å². The molecule has 1 aliphatic rings. The van der Waals surface area contributed by atoms with Crippen LogP contribution in [0.1, 0.15) is 23.5 Å². The molecule has 1 atom stereocenters. The molecular formula is C24H21FN2O4S. The van der Waals surface area contributed by atoms with E-state index in [1.54, 1.807) is 42.5 Å². The third kappa shape index (κ3) is 4.86. The highest BCUT2D eigenvalue weighted by Crippen LogP contribution is 2.29. The summed E-state index contributed by atoms with van der Waals surface area (Å²) in [6.07, 6.45) is 0.742. The Morgan fingerprint density at radius 1 is 1.00 bits per heavy atom. The zero-order valence-corrected chi connectivity index (χ0v) is 17.9. The molecular weight excluding hydrogens is 431 g/mol. The van der Waals surface area contributed by atoms with Gasteiger partial charge in [-0.05, 0) is 53.9 Å². The molecule has 32 heavy (non-hydrogen) atoms. The van der Waals surface area contributed by atoms with Crippen molar-refractivity contribution in [1.29, 1.82) is 0 Å². The van der Waals surface area contributed by atoms with E-state index in [9.17, 15) is 22.4 Å². The van der Waals surface area contributed by atoms with Gasteiger partial charge >= 0.3 is 0 Å². The fourth-order valence-corrected chi connectivity index (χ4v) is 5.25. The average molecular weight is 453 g/mol. The first-order valence-electron chi connectivity index (χ1n) is 10.1. The van der Waals surface area contributed by atoms with E-state index in [0.29, 0.717) is 24.1 Å². The molecule has 0 aromatic heterocycles. The predicted octanol–water partition coefficient (Wildman–Crippen LogP) is 3.91. The van der Waals surface area contributed by atoms with Gasteiger partial charge in [0.15, 0.2) is 9.84 Å². The largest absolute Gasteiger partial charge is 0.326 e. The van der Waals surface area contributed by atoms with Gasteiger partial charge in [0.05, 0.1) is 16.6 Å². The van der Waals surface area contributed by atoms with Gasteiger partial charge in [0.2, 0.25) is 11.8 Å². The smallest absolute Gasteiger partial charge is 0.232 e. The standard InChI is InChI=1S/C24H21FN2O4S/c25-18-7-4-8-19(14-18)26-24(29)21(16-5-2-1-3-6-16)15-32(30,31)20-10-11-22-17(13-20)9-12-23(28)27-22/h1-8,10-11,13-14,21H,9,12,15H2,(H,26,29)(H,27,28). The van der Waals surface area contributed by atoms with Crippen LogP contribution in [0.25, 0.3) is 0 Å². The van der Waals surface area contributed by atoms with Gasteiger partial charge in [0, 0.05) is 17.8 Å². The van der Waals surface area contributed by atoms with Gasteiger partial charge in [-0.1, -0.05) is 36.4 Å². The van der Waals surface area contributed by atoms with Crippen molar-refractivity contribution in [2.45, 2.75) is 23.7 Å². The van der Waals surface area contributed by atoms with Crippen LogP contribution in [0.2, 0.25) is 0 Å². The Morgan fingerprint density at radius 2 is 1.78 bits per heavy atom. The van der Waals surface area contributed by atoms with Crippen molar-refractivity contribution < 1.29 is 22.4 Å². The third-order valence-corrected chi connectivity index (χ3v) is 7.07. The Kier molecular flexibility index (Phi) is 6.05. The molecule has 2 amide bonds. The highest BCUT2D eigenvalue weighted by molar-refractivity contribution is 7.91. The Balaban J connectivity index is 1.63. The van der Waals surface area contributed by atoms with Crippen molar-refractivity contribution in [1.82, 2.24) is 0 Å². The Morgan fingerprint density at radius 3 is 2.53 bits per heavy atom. The fourth-order valence-electron chi connectivity index (χ4n) is 3.67. The van der Waals surface area contributed by atoms with Crippen LogP contribution in [0.15, 0.2) is 77.7 Å². The van der Waals surface area contributed by atoms with E-state index in [0.717, 1.165) is 5.56 Å². The lowest BCUT2D eigenvalue weighted by molar-refractivity contribution is -0.117. The minimum absolute atomic E-state index is 0.0897. The summed E-state index contributed by atoms with van der Waals surface area (Å²) >= 11 is 0. The first-order chi connectivity index (χ1) is 15.3. The second-order valence-corrected chi connectivity index (χ2v) is 9.65. The number of carbonyl (C=O) groups is 2. The van der Waals surface area contributed by atoms with Crippen molar-refractivity contribution in [3.63, 3.8) is 0 Å². The van der Waals surface area contributed by atoms with Crippen LogP contribution in [0.3, 0.4) is 0 Å². The lowest BCUT2D eigenvalue weighted by Crippen LogP contribution is -2.28. The summed E-state index contributed by atoms with van der Waals surface area (Å²) in [4.78, 5) is 24.7. The van der Waals surface area contributed by atoms with E-state index in [1.807, 2.05) is 0 Å². The fraction of sp³-hybridized carbons (Fsp3) is 0.167. The quantitative estimate of drug-likeness (QED) is 0.593. The average Bonchev–Trinajstić information content (AvgIpc) is 2.77. The molecule has 164 valence electrons. The second kappa shape index (κ2) is 8.92. The number of aryl methyl sites for hydroxylation is 1. The summed E-state index contributed by atoms with van der Waals surface area (Å²) < 4.78 is 40.0. The van der Waals surface area contributed by atoms with Crippen LogP contribution in [-0.2, 0) is 25.8 Å². The van der Waals surface area contributed by atoms with E-state index >= 15 is 0 Å². The Hall–Kier alpha value is -3.52. The normalized spacial score (nSPS) is 14.2. The molecule has 4 rings (SSSR count). The van der Waals surface area contributed by atoms with E-state index in [-0.39, 0.29) is 16.5 Å². The summed E-state index contributed by atoms with van der Waals surface area (Å²) in [6.45, 7) is 0. The molecule has 3 aromatic carbocycles. The molecule has 8 heteroatoms. The summed E-state index contributed by atoms with van der Waals surface area (Å²) in [5, 5.41) is 5.35. The molecule has 6 nitrogen and oxygen atoms in total. The van der Waals surface area contributed by atoms with Crippen molar-refractivity contribution in [2.75, 3.05) is 16.4 Å². The maximum Gasteiger partial charge on any atom is 0.232 e. The van der Waals surface area contributed by atoms with Gasteiger partial charge in [-0.15, -0.1) is 0 Å². The van der Waals surface area contributed by atoms with Crippen LogP contribution in [0, 0.1) is 5.82 Å². The van der Waals surface area contributed by atoms with Gasteiger partial charge in [0.1, 0.15) is 5.82 Å². The SMILES string of the molecule is O=C1CCc2cc(S(=O)(=O)CC(C(=O)Nc3cccc(F)c3)c3ccccc3)ccc2N1. The highest BCUT2D eigenvalue weighted by Gasteiger charge is 2.29. The lowest BCUT2D eigenvalue weighted by atomic mass is 10.00. The van der Waals surface area contributed by atoms with Crippen LogP contribution < -0.4 is 10.6 Å².